The van der Waals surface area contributed by atoms with Gasteiger partial charge in [-0.25, -0.2) is 4.68 Å². The molecule has 3 aromatic rings. The lowest BCUT2D eigenvalue weighted by atomic mass is 10.1. The predicted octanol–water partition coefficient (Wildman–Crippen LogP) is 2.71. The number of tetrazole rings is 1. The number of ether oxygens (including phenoxy) is 1. The monoisotopic (exact) mass is 311 g/mol. The summed E-state index contributed by atoms with van der Waals surface area (Å²) in [5.74, 6) is 0.622. The summed E-state index contributed by atoms with van der Waals surface area (Å²) in [6.45, 7) is 1.84. The first-order chi connectivity index (χ1) is 11.1. The highest BCUT2D eigenvalue weighted by Crippen LogP contribution is 2.25. The van der Waals surface area contributed by atoms with E-state index >= 15 is 0 Å². The van der Waals surface area contributed by atoms with Crippen molar-refractivity contribution in [3.63, 3.8) is 0 Å². The lowest BCUT2D eigenvalue weighted by Gasteiger charge is -2.15. The Hall–Kier alpha value is -3.29. The van der Waals surface area contributed by atoms with Crippen LogP contribution in [0, 0.1) is 10.1 Å². The van der Waals surface area contributed by atoms with Gasteiger partial charge in [0.05, 0.1) is 10.6 Å². The van der Waals surface area contributed by atoms with Gasteiger partial charge in [-0.1, -0.05) is 18.2 Å². The summed E-state index contributed by atoms with van der Waals surface area (Å²) in [6, 6.07) is 13.7. The van der Waals surface area contributed by atoms with Gasteiger partial charge < -0.3 is 4.74 Å². The highest BCUT2D eigenvalue weighted by atomic mass is 16.6. The number of rotatable bonds is 5. The van der Waals surface area contributed by atoms with Gasteiger partial charge in [0.15, 0.2) is 0 Å². The third-order valence-electron chi connectivity index (χ3n) is 3.29. The second kappa shape index (κ2) is 6.22. The molecule has 116 valence electrons. The summed E-state index contributed by atoms with van der Waals surface area (Å²) in [4.78, 5) is 10.4. The molecule has 0 aliphatic rings. The molecule has 23 heavy (non-hydrogen) atoms. The van der Waals surface area contributed by atoms with E-state index in [1.54, 1.807) is 18.2 Å². The van der Waals surface area contributed by atoms with E-state index in [-0.39, 0.29) is 11.8 Å². The van der Waals surface area contributed by atoms with Gasteiger partial charge >= 0.3 is 0 Å². The molecule has 2 aromatic carbocycles. The van der Waals surface area contributed by atoms with Crippen molar-refractivity contribution in [3.8, 4) is 11.4 Å². The van der Waals surface area contributed by atoms with Crippen LogP contribution < -0.4 is 4.74 Å². The van der Waals surface area contributed by atoms with Gasteiger partial charge in [0.2, 0.25) is 0 Å². The van der Waals surface area contributed by atoms with Gasteiger partial charge in [-0.2, -0.15) is 0 Å². The van der Waals surface area contributed by atoms with Crippen LogP contribution in [0.2, 0.25) is 0 Å². The molecule has 1 aromatic heterocycles. The van der Waals surface area contributed by atoms with E-state index in [1.165, 1.54) is 23.1 Å². The van der Waals surface area contributed by atoms with E-state index in [1.807, 2.05) is 25.1 Å². The molecule has 0 N–H and O–H groups in total. The van der Waals surface area contributed by atoms with E-state index in [9.17, 15) is 10.1 Å². The number of hydrogen-bond donors (Lipinski definition) is 0. The molecule has 0 saturated carbocycles. The Labute approximate surface area is 131 Å². The maximum atomic E-state index is 10.9. The Morgan fingerprint density at radius 2 is 2.04 bits per heavy atom. The summed E-state index contributed by atoms with van der Waals surface area (Å²) in [6.07, 6.45) is 1.15. The van der Waals surface area contributed by atoms with Crippen LogP contribution >= 0.6 is 0 Å². The molecule has 1 heterocycles. The number of nitro benzene ring substituents is 1. The van der Waals surface area contributed by atoms with Crippen LogP contribution in [0.25, 0.3) is 5.69 Å². The van der Waals surface area contributed by atoms with Gasteiger partial charge in [0.1, 0.15) is 18.2 Å². The molecule has 0 fully saturated rings. The van der Waals surface area contributed by atoms with Crippen molar-refractivity contribution in [2.45, 2.75) is 13.0 Å². The van der Waals surface area contributed by atoms with Crippen molar-refractivity contribution in [2.75, 3.05) is 0 Å². The quantitative estimate of drug-likeness (QED) is 0.531. The first-order valence-electron chi connectivity index (χ1n) is 6.88. The van der Waals surface area contributed by atoms with Crippen LogP contribution in [0.5, 0.6) is 5.75 Å². The number of benzene rings is 2. The Morgan fingerprint density at radius 3 is 2.78 bits per heavy atom. The minimum absolute atomic E-state index is 0.0420. The summed E-state index contributed by atoms with van der Waals surface area (Å²) in [5, 5.41) is 21.9. The number of aromatic nitrogens is 4. The highest BCUT2D eigenvalue weighted by Gasteiger charge is 2.12. The van der Waals surface area contributed by atoms with Crippen LogP contribution in [0.4, 0.5) is 5.69 Å². The first kappa shape index (κ1) is 14.6. The molecule has 0 aliphatic carbocycles. The van der Waals surface area contributed by atoms with Gasteiger partial charge in [-0.3, -0.25) is 10.1 Å². The molecule has 0 aliphatic heterocycles. The Morgan fingerprint density at radius 1 is 1.22 bits per heavy atom. The zero-order chi connectivity index (χ0) is 16.2. The lowest BCUT2D eigenvalue weighted by molar-refractivity contribution is -0.385. The van der Waals surface area contributed by atoms with Crippen molar-refractivity contribution < 1.29 is 9.66 Å². The van der Waals surface area contributed by atoms with Gasteiger partial charge in [-0.15, -0.1) is 5.10 Å². The van der Waals surface area contributed by atoms with Gasteiger partial charge in [0, 0.05) is 18.2 Å². The number of nitrogens with zero attached hydrogens (tertiary/aromatic N) is 5. The fraction of sp³-hybridized carbons (Fsp3) is 0.133. The molecule has 0 bridgehead atoms. The maximum absolute atomic E-state index is 10.9. The molecular formula is C15H13N5O3. The molecule has 8 nitrogen and oxygen atoms in total. The van der Waals surface area contributed by atoms with E-state index in [4.69, 9.17) is 4.74 Å². The van der Waals surface area contributed by atoms with Crippen molar-refractivity contribution in [1.29, 1.82) is 0 Å². The largest absolute Gasteiger partial charge is 0.486 e. The van der Waals surface area contributed by atoms with E-state index in [0.717, 1.165) is 11.3 Å². The maximum Gasteiger partial charge on any atom is 0.269 e. The van der Waals surface area contributed by atoms with Crippen LogP contribution in [-0.2, 0) is 0 Å². The zero-order valence-electron chi connectivity index (χ0n) is 12.2. The summed E-state index contributed by atoms with van der Waals surface area (Å²) in [7, 11) is 0. The molecule has 0 amide bonds. The number of nitro groups is 1. The van der Waals surface area contributed by atoms with Crippen LogP contribution in [0.15, 0.2) is 54.9 Å². The van der Waals surface area contributed by atoms with Gasteiger partial charge in [0.25, 0.3) is 5.69 Å². The van der Waals surface area contributed by atoms with E-state index in [2.05, 4.69) is 15.5 Å². The standard InChI is InChI=1S/C15H13N5O3/c1-11(12-4-2-6-14(8-12)20(21)22)23-15-7-3-5-13(9-15)19-10-16-17-18-19/h2-11H,1H3/t11-/m1/s1. The Bertz CT molecular complexity index is 819. The number of non-ortho nitro benzene ring substituents is 1. The van der Waals surface area contributed by atoms with Crippen molar-refractivity contribution >= 4 is 5.69 Å². The third-order valence-corrected chi connectivity index (χ3v) is 3.29. The molecule has 0 radical (unpaired) electrons. The van der Waals surface area contributed by atoms with E-state index in [0.29, 0.717) is 5.75 Å². The minimum atomic E-state index is -0.422. The third kappa shape index (κ3) is 3.31. The Balaban J connectivity index is 1.80. The molecule has 3 rings (SSSR count). The van der Waals surface area contributed by atoms with Crippen molar-refractivity contribution in [1.82, 2.24) is 20.2 Å². The van der Waals surface area contributed by atoms with Crippen LogP contribution in [-0.4, -0.2) is 25.1 Å². The minimum Gasteiger partial charge on any atom is -0.486 e. The topological polar surface area (TPSA) is 96.0 Å². The summed E-state index contributed by atoms with van der Waals surface area (Å²) >= 11 is 0. The van der Waals surface area contributed by atoms with Crippen molar-refractivity contribution in [3.05, 3.63) is 70.5 Å². The van der Waals surface area contributed by atoms with E-state index < -0.39 is 4.92 Å². The Kier molecular flexibility index (Phi) is 3.96. The fourth-order valence-corrected chi connectivity index (χ4v) is 2.14. The zero-order valence-corrected chi connectivity index (χ0v) is 12.2. The first-order valence-corrected chi connectivity index (χ1v) is 6.88. The summed E-state index contributed by atoms with van der Waals surface area (Å²) < 4.78 is 7.39. The molecule has 1 atom stereocenters. The average molecular weight is 311 g/mol. The molecular weight excluding hydrogens is 298 g/mol. The second-order valence-electron chi connectivity index (χ2n) is 4.86. The normalized spacial score (nSPS) is 11.9. The molecule has 0 saturated heterocycles. The smallest absolute Gasteiger partial charge is 0.269 e. The van der Waals surface area contributed by atoms with Gasteiger partial charge in [-0.05, 0) is 35.0 Å². The predicted molar refractivity (Wildman–Crippen MR) is 81.3 cm³/mol. The average Bonchev–Trinajstić information content (AvgIpc) is 3.10. The molecule has 0 unspecified atom stereocenters. The van der Waals surface area contributed by atoms with Crippen molar-refractivity contribution in [2.24, 2.45) is 0 Å². The highest BCUT2D eigenvalue weighted by molar-refractivity contribution is 5.39. The molecule has 0 spiro atoms. The van der Waals surface area contributed by atoms with Crippen LogP contribution in [0.3, 0.4) is 0 Å². The second-order valence-corrected chi connectivity index (χ2v) is 4.86. The molecule has 8 heteroatoms. The fourth-order valence-electron chi connectivity index (χ4n) is 2.14. The number of hydrogen-bond acceptors (Lipinski definition) is 6. The summed E-state index contributed by atoms with van der Waals surface area (Å²) in [5.41, 5.74) is 1.53. The van der Waals surface area contributed by atoms with Crippen LogP contribution in [0.1, 0.15) is 18.6 Å². The lowest BCUT2D eigenvalue weighted by Crippen LogP contribution is -2.04. The SMILES string of the molecule is C[C@@H](Oc1cccc(-n2cnnn2)c1)c1cccc([N+](=O)[O-])c1.